The molecule has 1 unspecified atom stereocenters. The summed E-state index contributed by atoms with van der Waals surface area (Å²) in [6.07, 6.45) is 1.26. The topological polar surface area (TPSA) is 12.5 Å². The van der Waals surface area contributed by atoms with Crippen molar-refractivity contribution in [2.24, 2.45) is 0 Å². The number of benzene rings is 1. The van der Waals surface area contributed by atoms with Gasteiger partial charge >= 0.3 is 0 Å². The summed E-state index contributed by atoms with van der Waals surface area (Å²) in [5.41, 5.74) is 0. The summed E-state index contributed by atoms with van der Waals surface area (Å²) < 4.78 is 6.76. The molecule has 0 N–H and O–H groups in total. The molecule has 1 saturated heterocycles. The number of hydrogen-bond donors (Lipinski definition) is 0. The van der Waals surface area contributed by atoms with Crippen LogP contribution in [-0.4, -0.2) is 31.1 Å². The third-order valence-corrected chi connectivity index (χ3v) is 3.22. The fourth-order valence-electron chi connectivity index (χ4n) is 1.50. The lowest BCUT2D eigenvalue weighted by molar-refractivity contribution is 0.0769. The molecule has 0 spiro atoms. The number of likely N-dealkylation sites (N-methyl/N-ethyl adjacent to an activating group) is 1. The molecule has 1 aromatic rings. The highest BCUT2D eigenvalue weighted by atomic mass is 79.9. The third kappa shape index (κ3) is 2.28. The first kappa shape index (κ1) is 9.99. The molecule has 3 heteroatoms. The Hall–Kier alpha value is -0.540. The molecular weight excluding hydrogens is 242 g/mol. The van der Waals surface area contributed by atoms with Crippen LogP contribution in [0.4, 0.5) is 0 Å². The Morgan fingerprint density at radius 2 is 2.14 bits per heavy atom. The van der Waals surface area contributed by atoms with Gasteiger partial charge in [0.15, 0.2) is 0 Å². The van der Waals surface area contributed by atoms with Gasteiger partial charge in [-0.2, -0.15) is 0 Å². The van der Waals surface area contributed by atoms with Crippen molar-refractivity contribution in [3.8, 4) is 5.75 Å². The minimum absolute atomic E-state index is 0.610. The number of ether oxygens (including phenoxy) is 1. The molecule has 2 nitrogen and oxygen atoms in total. The molecule has 0 saturated carbocycles. The summed E-state index contributed by atoms with van der Waals surface area (Å²) in [5, 5.41) is 0. The molecule has 0 bridgehead atoms. The second-order valence-electron chi connectivity index (χ2n) is 3.69. The van der Waals surface area contributed by atoms with Crippen molar-refractivity contribution in [1.29, 1.82) is 0 Å². The molecule has 1 fully saturated rings. The molecule has 1 aliphatic rings. The van der Waals surface area contributed by atoms with Crippen LogP contribution in [0.25, 0.3) is 0 Å². The predicted molar refractivity (Wildman–Crippen MR) is 60.7 cm³/mol. The first-order valence-electron chi connectivity index (χ1n) is 4.84. The van der Waals surface area contributed by atoms with E-state index in [1.807, 2.05) is 24.3 Å². The van der Waals surface area contributed by atoms with Crippen LogP contribution in [0.1, 0.15) is 6.42 Å². The molecule has 1 atom stereocenters. The van der Waals surface area contributed by atoms with Gasteiger partial charge in [0.2, 0.25) is 0 Å². The highest BCUT2D eigenvalue weighted by Crippen LogP contribution is 2.19. The summed E-state index contributed by atoms with van der Waals surface area (Å²) in [7, 11) is 2.14. The molecule has 2 rings (SSSR count). The van der Waals surface area contributed by atoms with Crippen molar-refractivity contribution >= 4 is 15.9 Å². The van der Waals surface area contributed by atoms with Gasteiger partial charge in [-0.05, 0) is 44.3 Å². The van der Waals surface area contributed by atoms with Gasteiger partial charge in [-0.3, -0.25) is 4.90 Å². The van der Waals surface area contributed by atoms with Crippen LogP contribution in [-0.2, 0) is 0 Å². The molecule has 76 valence electrons. The van der Waals surface area contributed by atoms with Gasteiger partial charge in [-0.1, -0.05) is 15.9 Å². The van der Waals surface area contributed by atoms with Crippen molar-refractivity contribution in [2.75, 3.05) is 20.2 Å². The molecule has 0 amide bonds. The molecule has 14 heavy (non-hydrogen) atoms. The van der Waals surface area contributed by atoms with E-state index in [9.17, 15) is 0 Å². The van der Waals surface area contributed by atoms with Gasteiger partial charge in [0.05, 0.1) is 0 Å². The molecule has 0 aromatic heterocycles. The summed E-state index contributed by atoms with van der Waals surface area (Å²) in [6, 6.07) is 8.59. The number of hydrogen-bond acceptors (Lipinski definition) is 2. The second kappa shape index (κ2) is 4.32. The smallest absolute Gasteiger partial charge is 0.119 e. The normalized spacial score (nSPS) is 21.7. The predicted octanol–water partition coefficient (Wildman–Crippen LogP) is 2.53. The minimum atomic E-state index is 0.610. The standard InChI is InChI=1S/C11H14BrNO/c1-13-7-6-10(13)8-14-11-4-2-9(12)3-5-11/h2-5,10H,6-8H2,1H3. The van der Waals surface area contributed by atoms with Crippen molar-refractivity contribution in [3.05, 3.63) is 28.7 Å². The van der Waals surface area contributed by atoms with E-state index in [1.165, 1.54) is 13.0 Å². The van der Waals surface area contributed by atoms with Crippen LogP contribution < -0.4 is 4.74 Å². The van der Waals surface area contributed by atoms with Crippen LogP contribution in [0.5, 0.6) is 5.75 Å². The summed E-state index contributed by atoms with van der Waals surface area (Å²) in [5.74, 6) is 0.952. The van der Waals surface area contributed by atoms with Crippen molar-refractivity contribution in [1.82, 2.24) is 4.90 Å². The summed E-state index contributed by atoms with van der Waals surface area (Å²) in [4.78, 5) is 2.32. The van der Waals surface area contributed by atoms with Crippen LogP contribution in [0.2, 0.25) is 0 Å². The number of nitrogens with zero attached hydrogens (tertiary/aromatic N) is 1. The fourth-order valence-corrected chi connectivity index (χ4v) is 1.77. The van der Waals surface area contributed by atoms with E-state index in [2.05, 4.69) is 27.9 Å². The maximum Gasteiger partial charge on any atom is 0.119 e. The van der Waals surface area contributed by atoms with Crippen LogP contribution in [0.3, 0.4) is 0 Å². The van der Waals surface area contributed by atoms with E-state index in [0.717, 1.165) is 16.8 Å². The lowest BCUT2D eigenvalue weighted by Crippen LogP contribution is -2.48. The Morgan fingerprint density at radius 1 is 1.43 bits per heavy atom. The van der Waals surface area contributed by atoms with Crippen molar-refractivity contribution < 1.29 is 4.74 Å². The Balaban J connectivity index is 1.83. The SMILES string of the molecule is CN1CCC1COc1ccc(Br)cc1. The van der Waals surface area contributed by atoms with Crippen LogP contribution in [0.15, 0.2) is 28.7 Å². The number of likely N-dealkylation sites (tertiary alicyclic amines) is 1. The molecular formula is C11H14BrNO. The fraction of sp³-hybridized carbons (Fsp3) is 0.455. The quantitative estimate of drug-likeness (QED) is 0.824. The maximum atomic E-state index is 5.67. The van der Waals surface area contributed by atoms with E-state index in [1.54, 1.807) is 0 Å². The lowest BCUT2D eigenvalue weighted by Gasteiger charge is -2.37. The van der Waals surface area contributed by atoms with Gasteiger partial charge in [-0.25, -0.2) is 0 Å². The van der Waals surface area contributed by atoms with Gasteiger partial charge in [-0.15, -0.1) is 0 Å². The first-order chi connectivity index (χ1) is 6.75. The molecule has 1 aliphatic heterocycles. The van der Waals surface area contributed by atoms with Crippen LogP contribution in [0, 0.1) is 0 Å². The minimum Gasteiger partial charge on any atom is -0.492 e. The van der Waals surface area contributed by atoms with E-state index in [4.69, 9.17) is 4.74 Å². The van der Waals surface area contributed by atoms with E-state index in [0.29, 0.717) is 6.04 Å². The zero-order chi connectivity index (χ0) is 9.97. The number of rotatable bonds is 3. The van der Waals surface area contributed by atoms with Crippen LogP contribution >= 0.6 is 15.9 Å². The highest BCUT2D eigenvalue weighted by molar-refractivity contribution is 9.10. The summed E-state index contributed by atoms with van der Waals surface area (Å²) in [6.45, 7) is 2.01. The van der Waals surface area contributed by atoms with Gasteiger partial charge in [0.25, 0.3) is 0 Å². The molecule has 1 heterocycles. The van der Waals surface area contributed by atoms with Crippen molar-refractivity contribution in [2.45, 2.75) is 12.5 Å². The molecule has 1 aromatic carbocycles. The average molecular weight is 256 g/mol. The molecule has 0 radical (unpaired) electrons. The first-order valence-corrected chi connectivity index (χ1v) is 5.63. The molecule has 0 aliphatic carbocycles. The van der Waals surface area contributed by atoms with Gasteiger partial charge < -0.3 is 4.74 Å². The third-order valence-electron chi connectivity index (χ3n) is 2.69. The summed E-state index contributed by atoms with van der Waals surface area (Å²) >= 11 is 3.40. The Bertz CT molecular complexity index is 299. The lowest BCUT2D eigenvalue weighted by atomic mass is 10.1. The van der Waals surface area contributed by atoms with E-state index in [-0.39, 0.29) is 0 Å². The zero-order valence-corrected chi connectivity index (χ0v) is 9.83. The highest BCUT2D eigenvalue weighted by Gasteiger charge is 2.24. The maximum absolute atomic E-state index is 5.67. The Labute approximate surface area is 93.0 Å². The van der Waals surface area contributed by atoms with E-state index < -0.39 is 0 Å². The van der Waals surface area contributed by atoms with Gasteiger partial charge in [0, 0.05) is 10.5 Å². The second-order valence-corrected chi connectivity index (χ2v) is 4.60. The van der Waals surface area contributed by atoms with E-state index >= 15 is 0 Å². The Kier molecular flexibility index (Phi) is 3.08. The monoisotopic (exact) mass is 255 g/mol. The largest absolute Gasteiger partial charge is 0.492 e. The zero-order valence-electron chi connectivity index (χ0n) is 8.24. The van der Waals surface area contributed by atoms with Gasteiger partial charge in [0.1, 0.15) is 12.4 Å². The average Bonchev–Trinajstić information content (AvgIpc) is 2.19. The Morgan fingerprint density at radius 3 is 2.64 bits per heavy atom. The van der Waals surface area contributed by atoms with Crippen molar-refractivity contribution in [3.63, 3.8) is 0 Å². The number of halogens is 1.